The Labute approximate surface area is 492 Å². The van der Waals surface area contributed by atoms with Crippen molar-refractivity contribution >= 4 is 64.1 Å². The number of nitrogens with one attached hydrogen (secondary N) is 3. The SMILES string of the molecule is CCCCC.COc1ccc(C(=O)O)cc1.NC(=O)CCC(=O)N1Cc2ccccc2/C(N(N)CCOCCOCCOCCOCCC(=O)NCc2ccc(NC(=O)Nc3ccc(CC(=O)N4CCCC4)cc3)cc2)=C(/N)c2ccccc21. The number of rotatable bonds is 29. The monoisotopic (exact) mass is 1160 g/mol. The zero-order valence-corrected chi connectivity index (χ0v) is 48.6. The standard InChI is InChI=1S/C50H63N9O9.C8H8O3.C5H12/c51-44(60)19-20-46(62)58-35-38-7-1-2-8-41(38)49(48(52)42-9-3-4-10-43(42)58)59(53)24-26-66-28-30-68-32-31-67-29-27-65-25-21-45(61)54-34-37-13-17-40(18-14-37)56-50(64)55-39-15-11-36(12-16-39)33-47(63)57-22-5-6-23-57;1-11-7-4-2-6(3-5-7)8(9)10;1-3-5-4-2/h1-4,7-18H,5-6,19-35,52-53H2,(H2,51,60)(H,54,61)(H2,55,56,64);2-5H,1H3,(H,9,10);3-5H2,1-2H3/b49-48-;;. The van der Waals surface area contributed by atoms with E-state index in [0.717, 1.165) is 48.2 Å². The van der Waals surface area contributed by atoms with Gasteiger partial charge in [0.05, 0.1) is 102 Å². The number of carboxylic acids is 1. The fraction of sp³-hybridized carbons (Fsp3) is 0.397. The molecule has 5 aromatic carbocycles. The third-order valence-corrected chi connectivity index (χ3v) is 13.4. The Hall–Kier alpha value is -8.34. The summed E-state index contributed by atoms with van der Waals surface area (Å²) in [5.74, 6) is 5.58. The van der Waals surface area contributed by atoms with E-state index in [0.29, 0.717) is 106 Å². The summed E-state index contributed by atoms with van der Waals surface area (Å²) < 4.78 is 27.4. The number of carbonyl (C=O) groups excluding carboxylic acids is 5. The Balaban J connectivity index is 0.000000699. The van der Waals surface area contributed by atoms with E-state index < -0.39 is 11.9 Å². The Kier molecular flexibility index (Phi) is 29.3. The molecule has 21 heteroatoms. The van der Waals surface area contributed by atoms with Crippen LogP contribution in [-0.4, -0.2) is 130 Å². The summed E-state index contributed by atoms with van der Waals surface area (Å²) in [6.07, 6.45) is 6.67. The van der Waals surface area contributed by atoms with Gasteiger partial charge in [-0.3, -0.25) is 19.2 Å². The molecule has 452 valence electrons. The summed E-state index contributed by atoms with van der Waals surface area (Å²) >= 11 is 0. The molecular formula is C63H83N9O12. The molecule has 84 heavy (non-hydrogen) atoms. The smallest absolute Gasteiger partial charge is 0.335 e. The molecule has 0 unspecified atom stereocenters. The Morgan fingerprint density at radius 2 is 1.18 bits per heavy atom. The number of benzene rings is 5. The summed E-state index contributed by atoms with van der Waals surface area (Å²) in [7, 11) is 1.54. The van der Waals surface area contributed by atoms with Crippen LogP contribution in [0.2, 0.25) is 0 Å². The second-order valence-electron chi connectivity index (χ2n) is 19.7. The van der Waals surface area contributed by atoms with Gasteiger partial charge in [-0.15, -0.1) is 0 Å². The van der Waals surface area contributed by atoms with Gasteiger partial charge in [0, 0.05) is 61.4 Å². The van der Waals surface area contributed by atoms with Gasteiger partial charge in [-0.05, 0) is 84.1 Å². The van der Waals surface area contributed by atoms with Gasteiger partial charge in [0.2, 0.25) is 23.6 Å². The van der Waals surface area contributed by atoms with Crippen LogP contribution in [0.15, 0.2) is 121 Å². The van der Waals surface area contributed by atoms with Gasteiger partial charge in [0.15, 0.2) is 0 Å². The highest BCUT2D eigenvalue weighted by Gasteiger charge is 2.28. The molecule has 2 aliphatic heterocycles. The molecule has 0 atom stereocenters. The van der Waals surface area contributed by atoms with Crippen molar-refractivity contribution in [2.45, 2.75) is 84.7 Å². The van der Waals surface area contributed by atoms with E-state index in [4.69, 9.17) is 46.1 Å². The van der Waals surface area contributed by atoms with E-state index in [2.05, 4.69) is 29.8 Å². The lowest BCUT2D eigenvalue weighted by Crippen LogP contribution is -2.37. The van der Waals surface area contributed by atoms with Crippen LogP contribution in [0.3, 0.4) is 0 Å². The number of nitrogens with two attached hydrogens (primary N) is 3. The molecule has 10 N–H and O–H groups in total. The van der Waals surface area contributed by atoms with Crippen LogP contribution in [-0.2, 0) is 57.6 Å². The van der Waals surface area contributed by atoms with Crippen LogP contribution in [0.1, 0.15) is 103 Å². The maximum Gasteiger partial charge on any atom is 0.335 e. The number of nitrogens with zero attached hydrogens (tertiary/aromatic N) is 3. The number of likely N-dealkylation sites (tertiary alicyclic amines) is 1. The summed E-state index contributed by atoms with van der Waals surface area (Å²) in [4.78, 5) is 76.0. The number of para-hydroxylation sites is 1. The summed E-state index contributed by atoms with van der Waals surface area (Å²) in [5.41, 5.74) is 19.3. The fourth-order valence-corrected chi connectivity index (χ4v) is 8.79. The topological polar surface area (TPSA) is 293 Å². The number of unbranched alkanes of at least 4 members (excludes halogenated alkanes) is 2. The van der Waals surface area contributed by atoms with Crippen LogP contribution < -0.4 is 42.9 Å². The number of ether oxygens (including phenoxy) is 5. The van der Waals surface area contributed by atoms with E-state index in [1.807, 2.05) is 77.7 Å². The highest BCUT2D eigenvalue weighted by Crippen LogP contribution is 2.36. The van der Waals surface area contributed by atoms with Crippen molar-refractivity contribution < 1.29 is 57.6 Å². The van der Waals surface area contributed by atoms with Crippen molar-refractivity contribution in [2.24, 2.45) is 17.3 Å². The molecule has 21 nitrogen and oxygen atoms in total. The zero-order chi connectivity index (χ0) is 60.5. The molecule has 7 rings (SSSR count). The van der Waals surface area contributed by atoms with E-state index in [1.54, 1.807) is 46.3 Å². The predicted octanol–water partition coefficient (Wildman–Crippen LogP) is 7.93. The lowest BCUT2D eigenvalue weighted by molar-refractivity contribution is -0.129. The molecule has 2 aliphatic rings. The van der Waals surface area contributed by atoms with Gasteiger partial charge in [-0.2, -0.15) is 0 Å². The second-order valence-corrected chi connectivity index (χ2v) is 19.7. The maximum atomic E-state index is 13.3. The van der Waals surface area contributed by atoms with Crippen molar-refractivity contribution in [3.05, 3.63) is 155 Å². The van der Waals surface area contributed by atoms with Crippen LogP contribution in [0.5, 0.6) is 5.75 Å². The average Bonchev–Trinajstić information content (AvgIpc) is 4.20. The third kappa shape index (κ3) is 23.1. The van der Waals surface area contributed by atoms with Crippen molar-refractivity contribution in [1.82, 2.24) is 15.2 Å². The van der Waals surface area contributed by atoms with Gasteiger partial charge in [-0.1, -0.05) is 99.8 Å². The van der Waals surface area contributed by atoms with Crippen molar-refractivity contribution in [2.75, 3.05) is 95.1 Å². The molecular weight excluding hydrogens is 1070 g/mol. The molecule has 0 spiro atoms. The molecule has 1 fully saturated rings. The number of carbonyl (C=O) groups is 6. The number of aromatic carboxylic acids is 1. The first kappa shape index (κ1) is 66.5. The summed E-state index contributed by atoms with van der Waals surface area (Å²) in [5, 5.41) is 18.5. The molecule has 0 aliphatic carbocycles. The van der Waals surface area contributed by atoms with Crippen molar-refractivity contribution in [1.29, 1.82) is 0 Å². The number of primary amides is 1. The molecule has 1 saturated heterocycles. The minimum Gasteiger partial charge on any atom is -0.497 e. The van der Waals surface area contributed by atoms with Crippen LogP contribution in [0, 0.1) is 0 Å². The minimum atomic E-state index is -0.923. The molecule has 0 bridgehead atoms. The van der Waals surface area contributed by atoms with Gasteiger partial charge in [-0.25, -0.2) is 15.4 Å². The van der Waals surface area contributed by atoms with E-state index in [1.165, 1.54) is 38.5 Å². The van der Waals surface area contributed by atoms with E-state index in [9.17, 15) is 28.8 Å². The second kappa shape index (κ2) is 37.0. The zero-order valence-electron chi connectivity index (χ0n) is 48.6. The van der Waals surface area contributed by atoms with Crippen LogP contribution in [0.25, 0.3) is 11.4 Å². The Bertz CT molecular complexity index is 2880. The summed E-state index contributed by atoms with van der Waals surface area (Å²) in [6, 6.07) is 35.2. The molecule has 5 aromatic rings. The van der Waals surface area contributed by atoms with Gasteiger partial charge < -0.3 is 71.0 Å². The third-order valence-electron chi connectivity index (χ3n) is 13.4. The first-order valence-electron chi connectivity index (χ1n) is 28.5. The molecule has 0 saturated carbocycles. The fourth-order valence-electron chi connectivity index (χ4n) is 8.79. The number of hydrazine groups is 1. The van der Waals surface area contributed by atoms with Gasteiger partial charge in [0.1, 0.15) is 5.75 Å². The van der Waals surface area contributed by atoms with Gasteiger partial charge in [0.25, 0.3) is 0 Å². The van der Waals surface area contributed by atoms with E-state index >= 15 is 0 Å². The first-order chi connectivity index (χ1) is 40.7. The van der Waals surface area contributed by atoms with Crippen LogP contribution in [0.4, 0.5) is 21.9 Å². The van der Waals surface area contributed by atoms with Crippen molar-refractivity contribution in [3.8, 4) is 5.75 Å². The summed E-state index contributed by atoms with van der Waals surface area (Å²) in [6.45, 7) is 9.70. The minimum absolute atomic E-state index is 0.0201. The largest absolute Gasteiger partial charge is 0.497 e. The lowest BCUT2D eigenvalue weighted by atomic mass is 9.95. The van der Waals surface area contributed by atoms with Crippen LogP contribution >= 0.6 is 0 Å². The van der Waals surface area contributed by atoms with Crippen molar-refractivity contribution in [3.63, 3.8) is 0 Å². The number of hydrogen-bond acceptors (Lipinski definition) is 14. The number of fused-ring (bicyclic) bond motifs is 2. The normalized spacial score (nSPS) is 13.3. The number of urea groups is 1. The lowest BCUT2D eigenvalue weighted by Gasteiger charge is -2.33. The molecule has 0 aromatic heterocycles. The number of hydrogen-bond donors (Lipinski definition) is 7. The van der Waals surface area contributed by atoms with Gasteiger partial charge >= 0.3 is 12.0 Å². The highest BCUT2D eigenvalue weighted by atomic mass is 16.6. The number of methoxy groups -OCH3 is 1. The average molecular weight is 1160 g/mol. The highest BCUT2D eigenvalue weighted by molar-refractivity contribution is 6.02. The maximum absolute atomic E-state index is 13.3. The quantitative estimate of drug-likeness (QED) is 0.0136. The molecule has 6 amide bonds. The first-order valence-corrected chi connectivity index (χ1v) is 28.5. The number of carboxylic acid groups (broad SMARTS) is 1. The van der Waals surface area contributed by atoms with E-state index in [-0.39, 0.29) is 61.7 Å². The predicted molar refractivity (Wildman–Crippen MR) is 324 cm³/mol. The Morgan fingerprint density at radius 3 is 1.74 bits per heavy atom. The number of amides is 6. The molecule has 0 radical (unpaired) electrons. The Morgan fingerprint density at radius 1 is 0.631 bits per heavy atom. The molecule has 2 heterocycles. The number of anilines is 3.